The van der Waals surface area contributed by atoms with E-state index >= 15 is 0 Å². The van der Waals surface area contributed by atoms with Gasteiger partial charge in [-0.25, -0.2) is 4.79 Å². The number of hydrogen-bond acceptors (Lipinski definition) is 11. The van der Waals surface area contributed by atoms with Gasteiger partial charge in [-0.15, -0.1) is 0 Å². The summed E-state index contributed by atoms with van der Waals surface area (Å²) in [4.78, 5) is 24.6. The minimum atomic E-state index is -1.62. The molecule has 0 saturated carbocycles. The predicted octanol–water partition coefficient (Wildman–Crippen LogP) is 0.427. The van der Waals surface area contributed by atoms with Gasteiger partial charge >= 0.3 is 11.9 Å². The van der Waals surface area contributed by atoms with Crippen LogP contribution in [0.15, 0.2) is 59.2 Å². The van der Waals surface area contributed by atoms with E-state index in [4.69, 9.17) is 18.9 Å². The van der Waals surface area contributed by atoms with Crippen molar-refractivity contribution in [2.24, 2.45) is 11.8 Å². The topological polar surface area (TPSA) is 172 Å². The lowest BCUT2D eigenvalue weighted by molar-refractivity contribution is -0.299. The zero-order valence-corrected chi connectivity index (χ0v) is 22.0. The molecule has 1 aromatic carbocycles. The van der Waals surface area contributed by atoms with E-state index in [1.54, 1.807) is 12.1 Å². The number of esters is 2. The molecule has 2 fully saturated rings. The van der Waals surface area contributed by atoms with Crippen molar-refractivity contribution in [2.75, 3.05) is 13.2 Å². The number of phenolic OH excluding ortho intramolecular Hbond substituents is 1. The minimum absolute atomic E-state index is 0.0390. The standard InChI is InChI=1S/C29H34O11/c1-13-18-8-5-16(23(18)27-19(10-20(13)31)14(2)28(36)40-27)11-38-29-26(35)25(34)24(33)21(39-29)12-37-22(32)9-15-3-6-17(30)7-4-15/h3-7,19-21,23-27,29-31,33-35H,2,8-12H2,1H3. The van der Waals surface area contributed by atoms with Crippen molar-refractivity contribution in [3.05, 3.63) is 64.8 Å². The first-order valence-corrected chi connectivity index (χ1v) is 13.3. The van der Waals surface area contributed by atoms with E-state index in [0.29, 0.717) is 24.0 Å². The first-order chi connectivity index (χ1) is 19.0. The zero-order chi connectivity index (χ0) is 28.7. The van der Waals surface area contributed by atoms with Crippen LogP contribution in [0.4, 0.5) is 0 Å². The zero-order valence-electron chi connectivity index (χ0n) is 22.0. The number of fused-ring (bicyclic) bond motifs is 3. The van der Waals surface area contributed by atoms with Crippen LogP contribution in [0.1, 0.15) is 25.3 Å². The van der Waals surface area contributed by atoms with E-state index in [9.17, 15) is 35.1 Å². The summed E-state index contributed by atoms with van der Waals surface area (Å²) in [5.74, 6) is -1.72. The second kappa shape index (κ2) is 11.4. The monoisotopic (exact) mass is 558 g/mol. The molecule has 0 bridgehead atoms. The fourth-order valence-electron chi connectivity index (χ4n) is 5.90. The summed E-state index contributed by atoms with van der Waals surface area (Å²) in [6.07, 6.45) is -5.80. The molecule has 11 heteroatoms. The highest BCUT2D eigenvalue weighted by atomic mass is 16.7. The Balaban J connectivity index is 1.22. The number of aliphatic hydroxyl groups excluding tert-OH is 4. The van der Waals surface area contributed by atoms with Gasteiger partial charge in [-0.3, -0.25) is 4.79 Å². The Kier molecular flexibility index (Phi) is 8.14. The molecular weight excluding hydrogens is 524 g/mol. The number of hydrogen-bond donors (Lipinski definition) is 5. The van der Waals surface area contributed by atoms with E-state index in [2.05, 4.69) is 6.58 Å². The lowest BCUT2D eigenvalue weighted by Gasteiger charge is -2.40. The van der Waals surface area contributed by atoms with Crippen LogP contribution in [-0.4, -0.2) is 93.6 Å². The Bertz CT molecular complexity index is 1220. The van der Waals surface area contributed by atoms with Crippen LogP contribution in [0, 0.1) is 11.8 Å². The van der Waals surface area contributed by atoms with Gasteiger partial charge in [-0.05, 0) is 48.6 Å². The fourth-order valence-corrected chi connectivity index (χ4v) is 5.90. The van der Waals surface area contributed by atoms with Crippen molar-refractivity contribution in [1.29, 1.82) is 0 Å². The van der Waals surface area contributed by atoms with Gasteiger partial charge in [0.2, 0.25) is 0 Å². The third kappa shape index (κ3) is 5.45. The molecule has 2 saturated heterocycles. The molecule has 2 aliphatic heterocycles. The van der Waals surface area contributed by atoms with Crippen LogP contribution >= 0.6 is 0 Å². The summed E-state index contributed by atoms with van der Waals surface area (Å²) < 4.78 is 22.5. The number of rotatable bonds is 7. The molecule has 5 N–H and O–H groups in total. The van der Waals surface area contributed by atoms with Gasteiger partial charge in [0.05, 0.1) is 19.1 Å². The summed E-state index contributed by atoms with van der Waals surface area (Å²) >= 11 is 0. The maximum Gasteiger partial charge on any atom is 0.334 e. The van der Waals surface area contributed by atoms with Crippen molar-refractivity contribution in [3.8, 4) is 5.75 Å². The third-order valence-corrected chi connectivity index (χ3v) is 8.30. The molecule has 11 nitrogen and oxygen atoms in total. The van der Waals surface area contributed by atoms with E-state index in [1.807, 2.05) is 13.0 Å². The number of carbonyl (C=O) groups excluding carboxylic acids is 2. The summed E-state index contributed by atoms with van der Waals surface area (Å²) in [7, 11) is 0. The first-order valence-electron chi connectivity index (χ1n) is 13.3. The molecule has 4 aliphatic rings. The van der Waals surface area contributed by atoms with Gasteiger partial charge in [0.25, 0.3) is 0 Å². The van der Waals surface area contributed by atoms with Crippen LogP contribution in [-0.2, 0) is 35.0 Å². The number of allylic oxidation sites excluding steroid dienone is 1. The highest BCUT2D eigenvalue weighted by molar-refractivity contribution is 5.91. The predicted molar refractivity (Wildman–Crippen MR) is 137 cm³/mol. The van der Waals surface area contributed by atoms with Crippen molar-refractivity contribution < 1.29 is 54.1 Å². The van der Waals surface area contributed by atoms with Crippen LogP contribution in [0.2, 0.25) is 0 Å². The van der Waals surface area contributed by atoms with E-state index in [-0.39, 0.29) is 30.6 Å². The quantitative estimate of drug-likeness (QED) is 0.178. The molecule has 2 aliphatic carbocycles. The molecule has 216 valence electrons. The van der Waals surface area contributed by atoms with Crippen LogP contribution in [0.5, 0.6) is 5.75 Å². The van der Waals surface area contributed by atoms with Crippen molar-refractivity contribution in [1.82, 2.24) is 0 Å². The van der Waals surface area contributed by atoms with Crippen molar-refractivity contribution in [3.63, 3.8) is 0 Å². The Morgan fingerprint density at radius 1 is 1.10 bits per heavy atom. The number of phenols is 1. The molecule has 0 spiro atoms. The number of aromatic hydroxyl groups is 1. The van der Waals surface area contributed by atoms with Gasteiger partial charge in [-0.2, -0.15) is 0 Å². The molecule has 40 heavy (non-hydrogen) atoms. The van der Waals surface area contributed by atoms with E-state index < -0.39 is 61.5 Å². The van der Waals surface area contributed by atoms with Crippen molar-refractivity contribution in [2.45, 2.75) is 69.1 Å². The Hall–Kier alpha value is -3.06. The SMILES string of the molecule is C=C1C(=O)OC2C1CC(O)C(C)=C1CC=C(COC3OC(COC(=O)Cc4ccc(O)cc4)C(O)C(O)C3O)C12. The average molecular weight is 559 g/mol. The molecule has 2 heterocycles. The van der Waals surface area contributed by atoms with Gasteiger partial charge < -0.3 is 44.5 Å². The van der Waals surface area contributed by atoms with Gasteiger partial charge in [-0.1, -0.05) is 30.4 Å². The summed E-state index contributed by atoms with van der Waals surface area (Å²) in [6.45, 7) is 5.29. The van der Waals surface area contributed by atoms with Crippen LogP contribution in [0.3, 0.4) is 0 Å². The molecular formula is C29H34O11. The Labute approximate surface area is 230 Å². The van der Waals surface area contributed by atoms with Gasteiger partial charge in [0, 0.05) is 17.4 Å². The minimum Gasteiger partial charge on any atom is -0.508 e. The van der Waals surface area contributed by atoms with Crippen LogP contribution < -0.4 is 0 Å². The molecule has 9 unspecified atom stereocenters. The van der Waals surface area contributed by atoms with Gasteiger partial charge in [0.1, 0.15) is 42.9 Å². The molecule has 5 rings (SSSR count). The largest absolute Gasteiger partial charge is 0.508 e. The average Bonchev–Trinajstić information content (AvgIpc) is 3.44. The number of benzene rings is 1. The molecule has 1 aromatic rings. The summed E-state index contributed by atoms with van der Waals surface area (Å²) in [5, 5.41) is 51.5. The maximum absolute atomic E-state index is 12.3. The second-order valence-electron chi connectivity index (χ2n) is 10.8. The maximum atomic E-state index is 12.3. The molecule has 0 aromatic heterocycles. The smallest absolute Gasteiger partial charge is 0.334 e. The number of aliphatic hydroxyl groups is 4. The van der Waals surface area contributed by atoms with E-state index in [1.165, 1.54) is 12.1 Å². The Morgan fingerprint density at radius 3 is 2.55 bits per heavy atom. The Morgan fingerprint density at radius 2 is 1.82 bits per heavy atom. The third-order valence-electron chi connectivity index (χ3n) is 8.30. The number of ether oxygens (including phenoxy) is 4. The lowest BCUT2D eigenvalue weighted by atomic mass is 9.83. The van der Waals surface area contributed by atoms with Gasteiger partial charge in [0.15, 0.2) is 6.29 Å². The highest BCUT2D eigenvalue weighted by Crippen LogP contribution is 2.48. The second-order valence-corrected chi connectivity index (χ2v) is 10.8. The summed E-state index contributed by atoms with van der Waals surface area (Å²) in [5.41, 5.74) is 3.48. The molecule has 9 atom stereocenters. The first kappa shape index (κ1) is 28.5. The van der Waals surface area contributed by atoms with E-state index in [0.717, 1.165) is 16.7 Å². The normalized spacial score (nSPS) is 35.5. The fraction of sp³-hybridized carbons (Fsp3) is 0.517. The lowest BCUT2D eigenvalue weighted by Crippen LogP contribution is -2.59. The summed E-state index contributed by atoms with van der Waals surface area (Å²) in [6, 6.07) is 6.04. The highest BCUT2D eigenvalue weighted by Gasteiger charge is 2.50. The molecule has 0 radical (unpaired) electrons. The van der Waals surface area contributed by atoms with Crippen LogP contribution in [0.25, 0.3) is 0 Å². The molecule has 0 amide bonds. The van der Waals surface area contributed by atoms with Crippen molar-refractivity contribution >= 4 is 11.9 Å². The number of carbonyl (C=O) groups is 2.